The summed E-state index contributed by atoms with van der Waals surface area (Å²) >= 11 is 3.28. The average Bonchev–Trinajstić information content (AvgIpc) is 2.42. The fourth-order valence-corrected chi connectivity index (χ4v) is 3.30. The number of aryl methyl sites for hydroxylation is 1. The molecule has 0 spiro atoms. The van der Waals surface area contributed by atoms with Gasteiger partial charge < -0.3 is 5.11 Å². The Bertz CT molecular complexity index is 788. The van der Waals surface area contributed by atoms with E-state index in [-0.39, 0.29) is 10.6 Å². The van der Waals surface area contributed by atoms with Gasteiger partial charge in [-0.3, -0.25) is 4.72 Å². The summed E-state index contributed by atoms with van der Waals surface area (Å²) in [5.41, 5.74) is 1.28. The highest BCUT2D eigenvalue weighted by Crippen LogP contribution is 2.25. The number of aromatic carboxylic acids is 1. The molecule has 2 N–H and O–H groups in total. The molecule has 0 radical (unpaired) electrons. The minimum absolute atomic E-state index is 0.0783. The van der Waals surface area contributed by atoms with E-state index >= 15 is 0 Å². The molecule has 2 rings (SSSR count). The first-order valence-corrected chi connectivity index (χ1v) is 8.05. The average molecular weight is 371 g/mol. The van der Waals surface area contributed by atoms with Gasteiger partial charge in [-0.05, 0) is 52.7 Å². The van der Waals surface area contributed by atoms with Crippen molar-refractivity contribution in [2.75, 3.05) is 4.72 Å². The summed E-state index contributed by atoms with van der Waals surface area (Å²) in [5.74, 6) is -1.17. The van der Waals surface area contributed by atoms with Crippen LogP contribution in [0.4, 0.5) is 5.69 Å². The Balaban J connectivity index is 2.31. The maximum atomic E-state index is 12.2. The molecular weight excluding hydrogens is 360 g/mol. The summed E-state index contributed by atoms with van der Waals surface area (Å²) in [6, 6.07) is 7.51. The van der Waals surface area contributed by atoms with Crippen LogP contribution in [0, 0.1) is 6.92 Å². The Hall–Kier alpha value is -1.93. The Labute approximate surface area is 130 Å². The van der Waals surface area contributed by atoms with Crippen LogP contribution in [0.2, 0.25) is 0 Å². The van der Waals surface area contributed by atoms with Gasteiger partial charge in [-0.2, -0.15) is 8.42 Å². The molecule has 0 fully saturated rings. The molecule has 0 saturated carbocycles. The van der Waals surface area contributed by atoms with Gasteiger partial charge in [0.05, 0.1) is 11.3 Å². The second-order valence-corrected chi connectivity index (χ2v) is 6.76. The minimum atomic E-state index is -3.88. The first-order chi connectivity index (χ1) is 9.79. The number of carboxylic acids is 1. The fraction of sp³-hybridized carbons (Fsp3) is 0.0769. The lowest BCUT2D eigenvalue weighted by Crippen LogP contribution is -2.15. The molecule has 0 atom stereocenters. The van der Waals surface area contributed by atoms with Crippen LogP contribution < -0.4 is 4.72 Å². The van der Waals surface area contributed by atoms with Gasteiger partial charge >= 0.3 is 5.97 Å². The highest BCUT2D eigenvalue weighted by Gasteiger charge is 2.18. The predicted octanol–water partition coefficient (Wildman–Crippen LogP) is 2.65. The van der Waals surface area contributed by atoms with E-state index in [1.807, 2.05) is 6.92 Å². The number of rotatable bonds is 4. The normalized spacial score (nSPS) is 11.1. The Morgan fingerprint density at radius 2 is 2.00 bits per heavy atom. The third kappa shape index (κ3) is 3.59. The predicted molar refractivity (Wildman–Crippen MR) is 80.9 cm³/mol. The first kappa shape index (κ1) is 15.5. The van der Waals surface area contributed by atoms with Crippen LogP contribution in [0.5, 0.6) is 0 Å². The van der Waals surface area contributed by atoms with Crippen molar-refractivity contribution in [3.05, 3.63) is 52.1 Å². The number of carbonyl (C=O) groups is 1. The molecule has 0 aliphatic carbocycles. The number of halogens is 1. The van der Waals surface area contributed by atoms with E-state index in [1.54, 1.807) is 18.2 Å². The smallest absolute Gasteiger partial charge is 0.337 e. The van der Waals surface area contributed by atoms with E-state index in [2.05, 4.69) is 25.6 Å². The number of nitrogens with one attached hydrogen (secondary N) is 1. The second-order valence-electron chi connectivity index (χ2n) is 4.28. The molecule has 6 nitrogen and oxygen atoms in total. The third-order valence-electron chi connectivity index (χ3n) is 2.63. The molecule has 0 amide bonds. The van der Waals surface area contributed by atoms with Gasteiger partial charge in [0.25, 0.3) is 10.0 Å². The van der Waals surface area contributed by atoms with Gasteiger partial charge in [0.1, 0.15) is 0 Å². The topological polar surface area (TPSA) is 96.4 Å². The molecule has 0 aliphatic rings. The Morgan fingerprint density at radius 3 is 2.52 bits per heavy atom. The van der Waals surface area contributed by atoms with Gasteiger partial charge in [-0.25, -0.2) is 9.78 Å². The van der Waals surface area contributed by atoms with E-state index in [1.165, 1.54) is 6.07 Å². The van der Waals surface area contributed by atoms with Crippen LogP contribution in [0.3, 0.4) is 0 Å². The SMILES string of the molecule is Cc1ccc(NS(=O)(=O)c2ccc(C(=O)O)cn2)c(Br)c1. The molecule has 8 heteroatoms. The quantitative estimate of drug-likeness (QED) is 0.862. The zero-order valence-electron chi connectivity index (χ0n) is 10.9. The van der Waals surface area contributed by atoms with Crippen LogP contribution in [0.25, 0.3) is 0 Å². The summed E-state index contributed by atoms with van der Waals surface area (Å²) in [6.07, 6.45) is 1.00. The molecule has 0 bridgehead atoms. The van der Waals surface area contributed by atoms with Crippen molar-refractivity contribution in [2.45, 2.75) is 11.9 Å². The molecule has 110 valence electrons. The highest BCUT2D eigenvalue weighted by atomic mass is 79.9. The van der Waals surface area contributed by atoms with Crippen molar-refractivity contribution in [3.8, 4) is 0 Å². The van der Waals surface area contributed by atoms with Crippen LogP contribution in [-0.4, -0.2) is 24.5 Å². The summed E-state index contributed by atoms with van der Waals surface area (Å²) in [5, 5.41) is 8.51. The number of aromatic nitrogens is 1. The number of carboxylic acid groups (broad SMARTS) is 1. The van der Waals surface area contributed by atoms with Crippen molar-refractivity contribution in [3.63, 3.8) is 0 Å². The van der Waals surface area contributed by atoms with Crippen LogP contribution in [0.15, 0.2) is 46.0 Å². The Morgan fingerprint density at radius 1 is 1.29 bits per heavy atom. The van der Waals surface area contributed by atoms with E-state index in [0.717, 1.165) is 17.8 Å². The van der Waals surface area contributed by atoms with Crippen molar-refractivity contribution >= 4 is 37.6 Å². The number of hydrogen-bond acceptors (Lipinski definition) is 4. The lowest BCUT2D eigenvalue weighted by atomic mass is 10.2. The monoisotopic (exact) mass is 370 g/mol. The minimum Gasteiger partial charge on any atom is -0.478 e. The standard InChI is InChI=1S/C13H11BrN2O4S/c1-8-2-4-11(10(14)6-8)16-21(19,20)12-5-3-9(7-15-12)13(17)18/h2-7,16H,1H3,(H,17,18). The first-order valence-electron chi connectivity index (χ1n) is 5.78. The van der Waals surface area contributed by atoms with Crippen molar-refractivity contribution in [1.29, 1.82) is 0 Å². The van der Waals surface area contributed by atoms with E-state index in [9.17, 15) is 13.2 Å². The van der Waals surface area contributed by atoms with Crippen molar-refractivity contribution in [1.82, 2.24) is 4.98 Å². The number of sulfonamides is 1. The molecule has 0 saturated heterocycles. The molecule has 0 unspecified atom stereocenters. The highest BCUT2D eigenvalue weighted by molar-refractivity contribution is 9.10. The number of hydrogen-bond donors (Lipinski definition) is 2. The molecule has 0 aliphatic heterocycles. The van der Waals surface area contributed by atoms with Crippen LogP contribution in [-0.2, 0) is 10.0 Å². The summed E-state index contributed by atoms with van der Waals surface area (Å²) in [7, 11) is -3.88. The second kappa shape index (κ2) is 5.82. The molecule has 2 aromatic rings. The van der Waals surface area contributed by atoms with Crippen molar-refractivity contribution < 1.29 is 18.3 Å². The zero-order chi connectivity index (χ0) is 15.6. The lowest BCUT2D eigenvalue weighted by molar-refractivity contribution is 0.0696. The maximum Gasteiger partial charge on any atom is 0.337 e. The van der Waals surface area contributed by atoms with Gasteiger partial charge in [-0.1, -0.05) is 6.07 Å². The lowest BCUT2D eigenvalue weighted by Gasteiger charge is -2.09. The molecular formula is C13H11BrN2O4S. The molecule has 21 heavy (non-hydrogen) atoms. The van der Waals surface area contributed by atoms with E-state index < -0.39 is 16.0 Å². The summed E-state index contributed by atoms with van der Waals surface area (Å²) in [6.45, 7) is 1.88. The van der Waals surface area contributed by atoms with E-state index in [0.29, 0.717) is 10.2 Å². The van der Waals surface area contributed by atoms with Gasteiger partial charge in [0, 0.05) is 10.7 Å². The van der Waals surface area contributed by atoms with Crippen molar-refractivity contribution in [2.24, 2.45) is 0 Å². The van der Waals surface area contributed by atoms with Gasteiger partial charge in [0.15, 0.2) is 5.03 Å². The molecule has 1 aromatic carbocycles. The maximum absolute atomic E-state index is 12.2. The fourth-order valence-electron chi connectivity index (χ4n) is 1.57. The zero-order valence-corrected chi connectivity index (χ0v) is 13.3. The number of pyridine rings is 1. The summed E-state index contributed by atoms with van der Waals surface area (Å²) < 4.78 is 27.4. The summed E-state index contributed by atoms with van der Waals surface area (Å²) in [4.78, 5) is 14.4. The largest absolute Gasteiger partial charge is 0.478 e. The van der Waals surface area contributed by atoms with Crippen LogP contribution >= 0.6 is 15.9 Å². The third-order valence-corrected chi connectivity index (χ3v) is 4.56. The van der Waals surface area contributed by atoms with E-state index in [4.69, 9.17) is 5.11 Å². The number of anilines is 1. The van der Waals surface area contributed by atoms with Gasteiger partial charge in [0.2, 0.25) is 0 Å². The molecule has 1 aromatic heterocycles. The van der Waals surface area contributed by atoms with Crippen LogP contribution in [0.1, 0.15) is 15.9 Å². The number of benzene rings is 1. The number of nitrogens with zero attached hydrogens (tertiary/aromatic N) is 1. The Kier molecular flexibility index (Phi) is 4.29. The van der Waals surface area contributed by atoms with Gasteiger partial charge in [-0.15, -0.1) is 0 Å². The molecule has 1 heterocycles.